The topological polar surface area (TPSA) is 69.3 Å². The first-order chi connectivity index (χ1) is 16.5. The summed E-state index contributed by atoms with van der Waals surface area (Å²) < 4.78 is 42.3. The van der Waals surface area contributed by atoms with Gasteiger partial charge in [-0.25, -0.2) is 0 Å². The Balaban J connectivity index is 1.29. The molecule has 0 saturated carbocycles. The van der Waals surface area contributed by atoms with Crippen molar-refractivity contribution in [3.8, 4) is 11.5 Å². The number of alkyl halides is 2. The summed E-state index contributed by atoms with van der Waals surface area (Å²) in [4.78, 5) is 20.2. The van der Waals surface area contributed by atoms with Gasteiger partial charge >= 0.3 is 6.61 Å². The van der Waals surface area contributed by atoms with E-state index in [2.05, 4.69) is 5.48 Å². The maximum Gasteiger partial charge on any atom is 0.387 e. The second-order valence-corrected chi connectivity index (χ2v) is 8.64. The summed E-state index contributed by atoms with van der Waals surface area (Å²) in [6.07, 6.45) is 3.63. The molecule has 1 amide bonds. The van der Waals surface area contributed by atoms with Crippen molar-refractivity contribution in [2.24, 2.45) is 0 Å². The van der Waals surface area contributed by atoms with Crippen molar-refractivity contribution in [1.29, 1.82) is 0 Å². The summed E-state index contributed by atoms with van der Waals surface area (Å²) in [6, 6.07) is 14.0. The zero-order valence-corrected chi connectivity index (χ0v) is 18.5. The molecule has 0 bridgehead atoms. The van der Waals surface area contributed by atoms with Crippen LogP contribution in [0.25, 0.3) is 5.70 Å². The van der Waals surface area contributed by atoms with Gasteiger partial charge in [-0.1, -0.05) is 18.2 Å². The highest BCUT2D eigenvalue weighted by Crippen LogP contribution is 2.37. The van der Waals surface area contributed by atoms with Gasteiger partial charge < -0.3 is 19.1 Å². The molecule has 2 aromatic carbocycles. The van der Waals surface area contributed by atoms with E-state index in [0.29, 0.717) is 44.7 Å². The number of hydrogen-bond acceptors (Lipinski definition) is 6. The molecule has 1 atom stereocenters. The molecule has 2 fully saturated rings. The Kier molecular flexibility index (Phi) is 6.38. The second kappa shape index (κ2) is 9.60. The van der Waals surface area contributed by atoms with E-state index in [9.17, 15) is 13.6 Å². The third kappa shape index (κ3) is 4.85. The van der Waals surface area contributed by atoms with Gasteiger partial charge in [0, 0.05) is 50.1 Å². The summed E-state index contributed by atoms with van der Waals surface area (Å²) in [5, 5.41) is 0. The van der Waals surface area contributed by atoms with Crippen LogP contribution in [0.3, 0.4) is 0 Å². The summed E-state index contributed by atoms with van der Waals surface area (Å²) >= 11 is 0. The fraction of sp³-hybridized carbons (Fsp3) is 0.400. The van der Waals surface area contributed by atoms with Gasteiger partial charge in [-0.15, -0.1) is 0 Å². The molecule has 0 aliphatic carbocycles. The third-order valence-corrected chi connectivity index (χ3v) is 6.30. The molecule has 3 aliphatic heterocycles. The zero-order valence-electron chi connectivity index (χ0n) is 18.5. The number of carbonyl (C=O) groups excluding carboxylic acids is 1. The molecule has 7 nitrogen and oxygen atoms in total. The monoisotopic (exact) mass is 472 g/mol. The van der Waals surface area contributed by atoms with E-state index in [0.717, 1.165) is 17.7 Å². The van der Waals surface area contributed by atoms with E-state index in [1.807, 2.05) is 24.3 Å². The molecule has 0 aromatic heterocycles. The first-order valence-electron chi connectivity index (χ1n) is 11.4. The first kappa shape index (κ1) is 22.6. The third-order valence-electron chi connectivity index (χ3n) is 6.30. The van der Waals surface area contributed by atoms with E-state index in [4.69, 9.17) is 19.0 Å². The van der Waals surface area contributed by atoms with Crippen molar-refractivity contribution >= 4 is 11.6 Å². The number of nitrogens with one attached hydrogen (secondary N) is 1. The van der Waals surface area contributed by atoms with Crippen LogP contribution in [0.15, 0.2) is 54.6 Å². The lowest BCUT2D eigenvalue weighted by Gasteiger charge is -2.32. The van der Waals surface area contributed by atoms with E-state index in [1.165, 1.54) is 6.07 Å². The average molecular weight is 472 g/mol. The highest BCUT2D eigenvalue weighted by Gasteiger charge is 2.39. The van der Waals surface area contributed by atoms with Crippen LogP contribution in [-0.2, 0) is 9.57 Å². The van der Waals surface area contributed by atoms with E-state index >= 15 is 0 Å². The number of likely N-dealkylation sites (tertiary alicyclic amines) is 1. The highest BCUT2D eigenvalue weighted by atomic mass is 19.3. The Morgan fingerprint density at radius 3 is 2.62 bits per heavy atom. The van der Waals surface area contributed by atoms with Crippen molar-refractivity contribution in [3.63, 3.8) is 0 Å². The van der Waals surface area contributed by atoms with Gasteiger partial charge in [-0.05, 0) is 36.4 Å². The van der Waals surface area contributed by atoms with Crippen molar-refractivity contribution in [2.45, 2.75) is 37.6 Å². The number of benzene rings is 2. The van der Waals surface area contributed by atoms with Crippen LogP contribution >= 0.6 is 0 Å². The molecule has 9 heteroatoms. The molecule has 180 valence electrons. The van der Waals surface area contributed by atoms with Gasteiger partial charge in [-0.2, -0.15) is 8.78 Å². The smallest absolute Gasteiger partial charge is 0.387 e. The Hall–Kier alpha value is -3.17. The molecule has 1 spiro atoms. The number of rotatable bonds is 6. The first-order valence-corrected chi connectivity index (χ1v) is 11.4. The maximum absolute atomic E-state index is 13.0. The fourth-order valence-electron chi connectivity index (χ4n) is 4.46. The minimum atomic E-state index is -2.97. The molecule has 1 unspecified atom stereocenters. The zero-order chi connectivity index (χ0) is 23.5. The van der Waals surface area contributed by atoms with Gasteiger partial charge in [0.1, 0.15) is 11.7 Å². The summed E-state index contributed by atoms with van der Waals surface area (Å²) in [7, 11) is 0. The van der Waals surface area contributed by atoms with Crippen LogP contribution in [0.5, 0.6) is 11.5 Å². The van der Waals surface area contributed by atoms with Gasteiger partial charge in [0.05, 0.1) is 12.3 Å². The lowest BCUT2D eigenvalue weighted by atomic mass is 10.0. The van der Waals surface area contributed by atoms with Gasteiger partial charge in [0.2, 0.25) is 0 Å². The predicted octanol–water partition coefficient (Wildman–Crippen LogP) is 4.01. The number of ether oxygens (including phenoxy) is 3. The molecular formula is C25H26F2N2O5. The van der Waals surface area contributed by atoms with Crippen LogP contribution in [0, 0.1) is 0 Å². The lowest BCUT2D eigenvalue weighted by Crippen LogP contribution is -2.41. The van der Waals surface area contributed by atoms with Crippen molar-refractivity contribution in [2.75, 3.05) is 26.3 Å². The number of piperidine rings is 1. The molecule has 2 aromatic rings. The van der Waals surface area contributed by atoms with Crippen molar-refractivity contribution < 1.29 is 32.6 Å². The van der Waals surface area contributed by atoms with Crippen molar-refractivity contribution in [1.82, 2.24) is 10.4 Å². The standard InChI is InChI=1S/C25H26F2N2O5/c26-24(27)33-21-7-6-18(20-15-25(34-28-20)10-13-31-16-25)14-22(21)32-19-8-11-29(12-9-19)23(30)17-4-2-1-3-5-17/h1-7,14-15,19,24,28H,8-13,16H2. The second-order valence-electron chi connectivity index (χ2n) is 8.64. The average Bonchev–Trinajstić information content (AvgIpc) is 3.50. The minimum absolute atomic E-state index is 0.0214. The normalized spacial score (nSPS) is 22.7. The predicted molar refractivity (Wildman–Crippen MR) is 119 cm³/mol. The van der Waals surface area contributed by atoms with E-state index < -0.39 is 12.2 Å². The van der Waals surface area contributed by atoms with Gasteiger partial charge in [-0.3, -0.25) is 15.1 Å². The summed E-state index contributed by atoms with van der Waals surface area (Å²) in [6.45, 7) is -0.852. The quantitative estimate of drug-likeness (QED) is 0.686. The van der Waals surface area contributed by atoms with Crippen LogP contribution in [-0.4, -0.2) is 55.4 Å². The Bertz CT molecular complexity index is 1050. The molecule has 3 aliphatic rings. The van der Waals surface area contributed by atoms with Gasteiger partial charge in [0.15, 0.2) is 11.5 Å². The lowest BCUT2D eigenvalue weighted by molar-refractivity contribution is -0.0525. The fourth-order valence-corrected chi connectivity index (χ4v) is 4.46. The van der Waals surface area contributed by atoms with E-state index in [-0.39, 0.29) is 23.5 Å². The SMILES string of the molecule is O=C(c1ccccc1)N1CCC(Oc2cc(C3=CC4(CCOC4)ON3)ccc2OC(F)F)CC1. The molecule has 1 N–H and O–H groups in total. The molecular weight excluding hydrogens is 446 g/mol. The van der Waals surface area contributed by atoms with E-state index in [1.54, 1.807) is 29.2 Å². The van der Waals surface area contributed by atoms with Crippen LogP contribution in [0.1, 0.15) is 35.2 Å². The largest absolute Gasteiger partial charge is 0.486 e. The van der Waals surface area contributed by atoms with Crippen LogP contribution in [0.4, 0.5) is 8.78 Å². The Labute approximate surface area is 196 Å². The molecule has 0 radical (unpaired) electrons. The molecule has 5 rings (SSSR count). The number of carbonyl (C=O) groups is 1. The summed E-state index contributed by atoms with van der Waals surface area (Å²) in [5.41, 5.74) is 4.52. The summed E-state index contributed by atoms with van der Waals surface area (Å²) in [5.74, 6) is 0.184. The number of hydroxylamine groups is 1. The molecule has 34 heavy (non-hydrogen) atoms. The maximum atomic E-state index is 13.0. The van der Waals surface area contributed by atoms with Crippen LogP contribution in [0.2, 0.25) is 0 Å². The minimum Gasteiger partial charge on any atom is -0.486 e. The Morgan fingerprint density at radius 1 is 1.12 bits per heavy atom. The molecule has 2 saturated heterocycles. The molecule has 3 heterocycles. The van der Waals surface area contributed by atoms with Crippen LogP contribution < -0.4 is 15.0 Å². The Morgan fingerprint density at radius 2 is 1.91 bits per heavy atom. The van der Waals surface area contributed by atoms with Crippen molar-refractivity contribution in [3.05, 3.63) is 65.7 Å². The number of halogens is 2. The highest BCUT2D eigenvalue weighted by molar-refractivity contribution is 5.94. The number of hydrogen-bond donors (Lipinski definition) is 1. The number of nitrogens with zero attached hydrogens (tertiary/aromatic N) is 1. The number of amides is 1. The van der Waals surface area contributed by atoms with Gasteiger partial charge in [0.25, 0.3) is 5.91 Å².